The van der Waals surface area contributed by atoms with E-state index in [-0.39, 0.29) is 0 Å². The number of fused-ring (bicyclic) bond motifs is 4. The summed E-state index contributed by atoms with van der Waals surface area (Å²) < 4.78 is 0. The van der Waals surface area contributed by atoms with E-state index < -0.39 is 0 Å². The zero-order chi connectivity index (χ0) is 14.8. The van der Waals surface area contributed by atoms with Crippen LogP contribution in [0, 0.1) is 25.7 Å². The van der Waals surface area contributed by atoms with E-state index in [2.05, 4.69) is 17.9 Å². The second-order valence-corrected chi connectivity index (χ2v) is 7.14. The van der Waals surface area contributed by atoms with E-state index >= 15 is 0 Å². The number of ketones is 1. The zero-order valence-corrected chi connectivity index (χ0v) is 13.4. The molecule has 114 valence electrons. The van der Waals surface area contributed by atoms with E-state index in [0.717, 1.165) is 29.5 Å². The lowest BCUT2D eigenvalue weighted by atomic mass is 9.84. The highest BCUT2D eigenvalue weighted by Gasteiger charge is 2.29. The van der Waals surface area contributed by atoms with Gasteiger partial charge in [0, 0.05) is 31.6 Å². The lowest BCUT2D eigenvalue weighted by Crippen LogP contribution is -2.30. The summed E-state index contributed by atoms with van der Waals surface area (Å²) in [5.74, 6) is 2.09. The predicted molar refractivity (Wildman–Crippen MR) is 86.8 cm³/mol. The molecule has 3 fully saturated rings. The normalized spacial score (nSPS) is 25.8. The van der Waals surface area contributed by atoms with Crippen molar-refractivity contribution in [3.8, 4) is 0 Å². The van der Waals surface area contributed by atoms with Crippen LogP contribution in [-0.2, 0) is 0 Å². The molecule has 2 saturated heterocycles. The van der Waals surface area contributed by atoms with Crippen LogP contribution >= 0.6 is 0 Å². The number of benzene rings is 1. The maximum atomic E-state index is 12.5. The van der Waals surface area contributed by atoms with Crippen molar-refractivity contribution in [3.63, 3.8) is 0 Å². The maximum Gasteiger partial charge on any atom is 0.164 e. The summed E-state index contributed by atoms with van der Waals surface area (Å²) in [5, 5.41) is 0. The van der Waals surface area contributed by atoms with Crippen LogP contribution in [0.15, 0.2) is 18.2 Å². The van der Waals surface area contributed by atoms with Gasteiger partial charge in [-0.2, -0.15) is 0 Å². The fraction of sp³-hybridized carbons (Fsp3) is 0.632. The van der Waals surface area contributed by atoms with Gasteiger partial charge >= 0.3 is 0 Å². The Hall–Kier alpha value is -1.15. The van der Waals surface area contributed by atoms with Gasteiger partial charge < -0.3 is 4.90 Å². The van der Waals surface area contributed by atoms with Gasteiger partial charge in [0.25, 0.3) is 0 Å². The van der Waals surface area contributed by atoms with Gasteiger partial charge in [0.1, 0.15) is 0 Å². The van der Waals surface area contributed by atoms with Gasteiger partial charge in [-0.3, -0.25) is 4.79 Å². The Kier molecular flexibility index (Phi) is 4.44. The Balaban J connectivity index is 1.58. The summed E-state index contributed by atoms with van der Waals surface area (Å²) in [4.78, 5) is 15.0. The van der Waals surface area contributed by atoms with Crippen molar-refractivity contribution >= 4 is 5.78 Å². The molecule has 0 atom stereocenters. The molecule has 0 amide bonds. The highest BCUT2D eigenvalue weighted by atomic mass is 16.1. The Bertz CT molecular complexity index is 500. The smallest absolute Gasteiger partial charge is 0.164 e. The van der Waals surface area contributed by atoms with Crippen LogP contribution in [0.3, 0.4) is 0 Å². The molecule has 1 aliphatic carbocycles. The van der Waals surface area contributed by atoms with Gasteiger partial charge in [-0.05, 0) is 56.9 Å². The van der Waals surface area contributed by atoms with E-state index in [1.165, 1.54) is 44.3 Å². The van der Waals surface area contributed by atoms with Crippen molar-refractivity contribution in [3.05, 3.63) is 34.9 Å². The first-order valence-corrected chi connectivity index (χ1v) is 8.44. The summed E-state index contributed by atoms with van der Waals surface area (Å²) in [5.41, 5.74) is 3.27. The fourth-order valence-electron chi connectivity index (χ4n) is 4.10. The molecule has 4 rings (SSSR count). The number of nitrogens with zero attached hydrogens (tertiary/aromatic N) is 1. The topological polar surface area (TPSA) is 20.3 Å². The number of aryl methyl sites for hydroxylation is 2. The van der Waals surface area contributed by atoms with E-state index in [4.69, 9.17) is 0 Å². The average Bonchev–Trinajstić information content (AvgIpc) is 2.77. The summed E-state index contributed by atoms with van der Waals surface area (Å²) in [6.07, 6.45) is 6.31. The van der Waals surface area contributed by atoms with E-state index in [1.807, 2.05) is 19.1 Å². The molecule has 3 aliphatic rings. The van der Waals surface area contributed by atoms with Crippen molar-refractivity contribution < 1.29 is 4.79 Å². The van der Waals surface area contributed by atoms with E-state index in [1.54, 1.807) is 0 Å². The molecule has 1 aromatic carbocycles. The highest BCUT2D eigenvalue weighted by molar-refractivity contribution is 5.97. The molecule has 2 bridgehead atoms. The largest absolute Gasteiger partial charge is 0.302 e. The SMILES string of the molecule is Cc1ccc(C(=O)CCN2CC3CCC(CC3)C2)c(C)c1. The first-order chi connectivity index (χ1) is 10.1. The van der Waals surface area contributed by atoms with Crippen LogP contribution in [0.2, 0.25) is 0 Å². The van der Waals surface area contributed by atoms with Crippen LogP contribution in [0.1, 0.15) is 53.6 Å². The third kappa shape index (κ3) is 3.55. The molecule has 2 aliphatic heterocycles. The lowest BCUT2D eigenvalue weighted by molar-refractivity contribution is 0.0960. The highest BCUT2D eigenvalue weighted by Crippen LogP contribution is 2.33. The standard InChI is InChI=1S/C19H27NO/c1-14-3-8-18(15(2)11-14)19(21)9-10-20-12-16-4-5-17(13-20)7-6-16/h3,8,11,16-17H,4-7,9-10,12-13H2,1-2H3. The van der Waals surface area contributed by atoms with Gasteiger partial charge in [0.15, 0.2) is 5.78 Å². The van der Waals surface area contributed by atoms with E-state index in [0.29, 0.717) is 12.2 Å². The van der Waals surface area contributed by atoms with Gasteiger partial charge in [0.2, 0.25) is 0 Å². The quantitative estimate of drug-likeness (QED) is 0.779. The maximum absolute atomic E-state index is 12.5. The molecule has 0 unspecified atom stereocenters. The van der Waals surface area contributed by atoms with E-state index in [9.17, 15) is 4.79 Å². The molecule has 0 radical (unpaired) electrons. The molecule has 2 heteroatoms. The molecule has 1 aromatic rings. The van der Waals surface area contributed by atoms with Crippen LogP contribution in [0.25, 0.3) is 0 Å². The van der Waals surface area contributed by atoms with Crippen molar-refractivity contribution in [1.82, 2.24) is 4.90 Å². The second kappa shape index (κ2) is 6.31. The molecule has 0 spiro atoms. The third-order valence-corrected chi connectivity index (χ3v) is 5.34. The van der Waals surface area contributed by atoms with Gasteiger partial charge in [-0.25, -0.2) is 0 Å². The number of Topliss-reactive ketones (excluding diaryl/α,β-unsaturated/α-hetero) is 1. The Morgan fingerprint density at radius 2 is 1.71 bits per heavy atom. The number of hydrogen-bond acceptors (Lipinski definition) is 2. The summed E-state index contributed by atoms with van der Waals surface area (Å²) in [7, 11) is 0. The molecular weight excluding hydrogens is 258 g/mol. The van der Waals surface area contributed by atoms with Crippen molar-refractivity contribution in [2.45, 2.75) is 46.0 Å². The van der Waals surface area contributed by atoms with Crippen LogP contribution in [-0.4, -0.2) is 30.3 Å². The molecule has 2 nitrogen and oxygen atoms in total. The van der Waals surface area contributed by atoms with Gasteiger partial charge in [-0.15, -0.1) is 0 Å². The predicted octanol–water partition coefficient (Wildman–Crippen LogP) is 4.00. The molecular formula is C19H27NO. The minimum absolute atomic E-state index is 0.309. The number of hydrogen-bond donors (Lipinski definition) is 0. The van der Waals surface area contributed by atoms with Crippen molar-refractivity contribution in [2.24, 2.45) is 11.8 Å². The minimum Gasteiger partial charge on any atom is -0.302 e. The van der Waals surface area contributed by atoms with Crippen LogP contribution < -0.4 is 0 Å². The molecule has 0 N–H and O–H groups in total. The molecule has 2 heterocycles. The molecule has 0 aromatic heterocycles. The van der Waals surface area contributed by atoms with Crippen molar-refractivity contribution in [2.75, 3.05) is 19.6 Å². The average molecular weight is 285 g/mol. The molecule has 1 saturated carbocycles. The molecule has 21 heavy (non-hydrogen) atoms. The van der Waals surface area contributed by atoms with Gasteiger partial charge in [0.05, 0.1) is 0 Å². The Labute approximate surface area is 128 Å². The van der Waals surface area contributed by atoms with Gasteiger partial charge in [-0.1, -0.05) is 23.8 Å². The summed E-state index contributed by atoms with van der Waals surface area (Å²) in [6, 6.07) is 6.16. The lowest BCUT2D eigenvalue weighted by Gasteiger charge is -2.21. The summed E-state index contributed by atoms with van der Waals surface area (Å²) >= 11 is 0. The first kappa shape index (κ1) is 14.8. The zero-order valence-electron chi connectivity index (χ0n) is 13.4. The Morgan fingerprint density at radius 3 is 2.29 bits per heavy atom. The Morgan fingerprint density at radius 1 is 1.10 bits per heavy atom. The monoisotopic (exact) mass is 285 g/mol. The minimum atomic E-state index is 0.309. The second-order valence-electron chi connectivity index (χ2n) is 7.14. The van der Waals surface area contributed by atoms with Crippen LogP contribution in [0.5, 0.6) is 0 Å². The number of carbonyl (C=O) groups excluding carboxylic acids is 1. The van der Waals surface area contributed by atoms with Crippen LogP contribution in [0.4, 0.5) is 0 Å². The number of rotatable bonds is 4. The third-order valence-electron chi connectivity index (χ3n) is 5.34. The number of carbonyl (C=O) groups is 1. The summed E-state index contributed by atoms with van der Waals surface area (Å²) in [6.45, 7) is 7.51. The first-order valence-electron chi connectivity index (χ1n) is 8.44. The fourth-order valence-corrected chi connectivity index (χ4v) is 4.10. The van der Waals surface area contributed by atoms with Crippen molar-refractivity contribution in [1.29, 1.82) is 0 Å².